The topological polar surface area (TPSA) is 58.6 Å². The van der Waals surface area contributed by atoms with Crippen molar-refractivity contribution in [2.24, 2.45) is 0 Å². The van der Waals surface area contributed by atoms with E-state index in [0.717, 1.165) is 17.7 Å². The number of rotatable bonds is 6. The lowest BCUT2D eigenvalue weighted by molar-refractivity contribution is -0.119. The molecule has 2 aromatic rings. The van der Waals surface area contributed by atoms with E-state index in [1.54, 1.807) is 24.3 Å². The van der Waals surface area contributed by atoms with Crippen molar-refractivity contribution in [3.05, 3.63) is 53.1 Å². The van der Waals surface area contributed by atoms with E-state index < -0.39 is 0 Å². The van der Waals surface area contributed by atoms with E-state index in [2.05, 4.69) is 12.2 Å². The van der Waals surface area contributed by atoms with Crippen LogP contribution in [-0.4, -0.2) is 25.0 Å². The molecule has 1 aliphatic heterocycles. The van der Waals surface area contributed by atoms with Crippen molar-refractivity contribution < 1.29 is 14.3 Å². The predicted molar refractivity (Wildman–Crippen MR) is 103 cm³/mol. The van der Waals surface area contributed by atoms with Crippen molar-refractivity contribution in [2.75, 3.05) is 23.4 Å². The van der Waals surface area contributed by atoms with Crippen molar-refractivity contribution in [3.63, 3.8) is 0 Å². The first kappa shape index (κ1) is 18.3. The zero-order chi connectivity index (χ0) is 18.5. The van der Waals surface area contributed by atoms with E-state index in [4.69, 9.17) is 16.3 Å². The molecule has 0 aromatic heterocycles. The lowest BCUT2D eigenvalue weighted by atomic mass is 10.00. The van der Waals surface area contributed by atoms with Crippen LogP contribution in [0, 0.1) is 0 Å². The molecule has 0 aliphatic carbocycles. The van der Waals surface area contributed by atoms with E-state index in [1.165, 1.54) is 0 Å². The molecule has 6 heteroatoms. The number of nitrogens with zero attached hydrogens (tertiary/aromatic N) is 1. The molecule has 0 saturated heterocycles. The van der Waals surface area contributed by atoms with Crippen LogP contribution >= 0.6 is 11.6 Å². The molecule has 1 N–H and O–H groups in total. The van der Waals surface area contributed by atoms with Crippen LogP contribution in [0.15, 0.2) is 42.5 Å². The van der Waals surface area contributed by atoms with E-state index in [0.29, 0.717) is 35.8 Å². The third-order valence-corrected chi connectivity index (χ3v) is 4.45. The van der Waals surface area contributed by atoms with Crippen LogP contribution in [-0.2, 0) is 16.0 Å². The number of benzene rings is 2. The van der Waals surface area contributed by atoms with E-state index in [1.807, 2.05) is 23.1 Å². The lowest BCUT2D eigenvalue weighted by Crippen LogP contribution is -2.35. The number of carbonyl (C=O) groups excluding carboxylic acids is 2. The molecule has 5 nitrogen and oxygen atoms in total. The Kier molecular flexibility index (Phi) is 5.78. The van der Waals surface area contributed by atoms with E-state index >= 15 is 0 Å². The Morgan fingerprint density at radius 1 is 1.19 bits per heavy atom. The first-order valence-corrected chi connectivity index (χ1v) is 9.06. The molecule has 1 aliphatic rings. The maximum absolute atomic E-state index is 12.1. The third kappa shape index (κ3) is 4.35. The largest absolute Gasteiger partial charge is 0.484 e. The zero-order valence-electron chi connectivity index (χ0n) is 14.6. The van der Waals surface area contributed by atoms with Crippen LogP contribution in [0.5, 0.6) is 5.75 Å². The number of fused-ring (bicyclic) bond motifs is 1. The van der Waals surface area contributed by atoms with Gasteiger partial charge in [-0.2, -0.15) is 0 Å². The molecule has 0 unspecified atom stereocenters. The molecule has 2 aromatic carbocycles. The van der Waals surface area contributed by atoms with Gasteiger partial charge in [0.25, 0.3) is 5.91 Å². The molecule has 0 atom stereocenters. The summed E-state index contributed by atoms with van der Waals surface area (Å²) in [7, 11) is 0. The van der Waals surface area contributed by atoms with Crippen molar-refractivity contribution in [2.45, 2.75) is 26.2 Å². The summed E-state index contributed by atoms with van der Waals surface area (Å²) in [6.07, 6.45) is 2.11. The molecule has 0 bridgehead atoms. The Morgan fingerprint density at radius 3 is 2.69 bits per heavy atom. The summed E-state index contributed by atoms with van der Waals surface area (Å²) in [5.41, 5.74) is 2.73. The first-order chi connectivity index (χ1) is 12.6. The molecule has 136 valence electrons. The van der Waals surface area contributed by atoms with Gasteiger partial charge in [-0.1, -0.05) is 18.5 Å². The van der Waals surface area contributed by atoms with Crippen molar-refractivity contribution in [1.82, 2.24) is 0 Å². The van der Waals surface area contributed by atoms with Gasteiger partial charge in [0.05, 0.1) is 0 Å². The molecule has 3 rings (SSSR count). The first-order valence-electron chi connectivity index (χ1n) is 8.68. The molecule has 0 radical (unpaired) electrons. The van der Waals surface area contributed by atoms with Gasteiger partial charge in [-0.05, 0) is 60.9 Å². The van der Waals surface area contributed by atoms with Gasteiger partial charge in [-0.25, -0.2) is 0 Å². The summed E-state index contributed by atoms with van der Waals surface area (Å²) >= 11 is 5.82. The fraction of sp³-hybridized carbons (Fsp3) is 0.300. The molecule has 26 heavy (non-hydrogen) atoms. The Hall–Kier alpha value is -2.53. The second-order valence-electron chi connectivity index (χ2n) is 6.18. The molecule has 0 saturated carbocycles. The number of hydrogen-bond donors (Lipinski definition) is 1. The monoisotopic (exact) mass is 372 g/mol. The van der Waals surface area contributed by atoms with Crippen molar-refractivity contribution >= 4 is 34.8 Å². The molecule has 0 spiro atoms. The second kappa shape index (κ2) is 8.23. The summed E-state index contributed by atoms with van der Waals surface area (Å²) in [5.74, 6) is 0.508. The highest BCUT2D eigenvalue weighted by atomic mass is 35.5. The zero-order valence-corrected chi connectivity index (χ0v) is 15.4. The minimum absolute atomic E-state index is 0.0842. The second-order valence-corrected chi connectivity index (χ2v) is 6.62. The fourth-order valence-electron chi connectivity index (χ4n) is 2.98. The number of carbonyl (C=O) groups is 2. The normalized spacial score (nSPS) is 13.3. The smallest absolute Gasteiger partial charge is 0.262 e. The Balaban J connectivity index is 1.62. The number of anilines is 2. The van der Waals surface area contributed by atoms with Gasteiger partial charge in [0, 0.05) is 29.4 Å². The maximum Gasteiger partial charge on any atom is 0.262 e. The quantitative estimate of drug-likeness (QED) is 0.832. The van der Waals surface area contributed by atoms with Crippen molar-refractivity contribution in [3.8, 4) is 5.75 Å². The number of ether oxygens (including phenoxy) is 1. The average Bonchev–Trinajstić information content (AvgIpc) is 2.64. The lowest BCUT2D eigenvalue weighted by Gasteiger charge is -2.29. The SMILES string of the molecule is CCCN1C(=O)CCc2cc(NC(=O)COc3ccc(Cl)cc3)ccc21. The van der Waals surface area contributed by atoms with Gasteiger partial charge in [0.15, 0.2) is 6.61 Å². The Bertz CT molecular complexity index is 805. The fourth-order valence-corrected chi connectivity index (χ4v) is 3.11. The van der Waals surface area contributed by atoms with Crippen LogP contribution in [0.4, 0.5) is 11.4 Å². The molecular weight excluding hydrogens is 352 g/mol. The van der Waals surface area contributed by atoms with Gasteiger partial charge in [0.1, 0.15) is 5.75 Å². The van der Waals surface area contributed by atoms with Gasteiger partial charge < -0.3 is 15.0 Å². The van der Waals surface area contributed by atoms with Crippen LogP contribution in [0.2, 0.25) is 5.02 Å². The predicted octanol–water partition coefficient (Wildman–Crippen LogP) is 4.05. The van der Waals surface area contributed by atoms with E-state index in [9.17, 15) is 9.59 Å². The number of halogens is 1. The maximum atomic E-state index is 12.1. The van der Waals surface area contributed by atoms with Crippen molar-refractivity contribution in [1.29, 1.82) is 0 Å². The summed E-state index contributed by atoms with van der Waals surface area (Å²) in [5, 5.41) is 3.46. The van der Waals surface area contributed by atoms with Gasteiger partial charge in [-0.15, -0.1) is 0 Å². The summed E-state index contributed by atoms with van der Waals surface area (Å²) < 4.78 is 5.45. The highest BCUT2D eigenvalue weighted by molar-refractivity contribution is 6.30. The number of aryl methyl sites for hydroxylation is 1. The molecule has 2 amide bonds. The summed E-state index contributed by atoms with van der Waals surface area (Å²) in [4.78, 5) is 26.0. The van der Waals surface area contributed by atoms with Crippen LogP contribution < -0.4 is 15.0 Å². The standard InChI is InChI=1S/C20H21ClN2O3/c1-2-11-23-18-9-6-16(12-14(18)3-10-20(23)25)22-19(24)13-26-17-7-4-15(21)5-8-17/h4-9,12H,2-3,10-11,13H2,1H3,(H,22,24). The third-order valence-electron chi connectivity index (χ3n) is 4.19. The number of hydrogen-bond acceptors (Lipinski definition) is 3. The molecule has 0 fully saturated rings. The highest BCUT2D eigenvalue weighted by Crippen LogP contribution is 2.30. The van der Waals surface area contributed by atoms with Gasteiger partial charge in [0.2, 0.25) is 5.91 Å². The van der Waals surface area contributed by atoms with Crippen LogP contribution in [0.3, 0.4) is 0 Å². The highest BCUT2D eigenvalue weighted by Gasteiger charge is 2.23. The Labute approximate surface area is 157 Å². The summed E-state index contributed by atoms with van der Waals surface area (Å²) in [6.45, 7) is 2.68. The minimum Gasteiger partial charge on any atom is -0.484 e. The Morgan fingerprint density at radius 2 is 1.96 bits per heavy atom. The van der Waals surface area contributed by atoms with Crippen LogP contribution in [0.25, 0.3) is 0 Å². The minimum atomic E-state index is -0.239. The average molecular weight is 373 g/mol. The van der Waals surface area contributed by atoms with Crippen LogP contribution in [0.1, 0.15) is 25.3 Å². The summed E-state index contributed by atoms with van der Waals surface area (Å²) in [6, 6.07) is 12.5. The number of nitrogens with one attached hydrogen (secondary N) is 1. The number of amides is 2. The van der Waals surface area contributed by atoms with Gasteiger partial charge >= 0.3 is 0 Å². The molecule has 1 heterocycles. The van der Waals surface area contributed by atoms with Gasteiger partial charge in [-0.3, -0.25) is 9.59 Å². The molecular formula is C20H21ClN2O3. The van der Waals surface area contributed by atoms with E-state index in [-0.39, 0.29) is 18.4 Å².